The van der Waals surface area contributed by atoms with Gasteiger partial charge in [0, 0.05) is 24.4 Å². The van der Waals surface area contributed by atoms with E-state index in [0.717, 1.165) is 25.0 Å². The molecule has 26 heavy (non-hydrogen) atoms. The summed E-state index contributed by atoms with van der Waals surface area (Å²) in [6.07, 6.45) is -1.50. The van der Waals surface area contributed by atoms with E-state index in [2.05, 4.69) is 9.97 Å². The molecule has 0 radical (unpaired) electrons. The normalized spacial score (nSPS) is 17.8. The molecule has 2 heterocycles. The third-order valence-corrected chi connectivity index (χ3v) is 4.16. The Labute approximate surface area is 148 Å². The summed E-state index contributed by atoms with van der Waals surface area (Å²) in [5, 5.41) is 0. The van der Waals surface area contributed by atoms with Crippen LogP contribution in [0.3, 0.4) is 0 Å². The van der Waals surface area contributed by atoms with Crippen LogP contribution in [0, 0.1) is 6.92 Å². The van der Waals surface area contributed by atoms with E-state index in [1.54, 1.807) is 24.1 Å². The van der Waals surface area contributed by atoms with Gasteiger partial charge in [0.2, 0.25) is 5.88 Å². The average molecular weight is 365 g/mol. The topological polar surface area (TPSA) is 55.3 Å². The molecule has 1 atom stereocenters. The maximum absolute atomic E-state index is 12.6. The van der Waals surface area contributed by atoms with Crippen molar-refractivity contribution in [3.05, 3.63) is 53.5 Å². The van der Waals surface area contributed by atoms with Crippen LogP contribution in [0.4, 0.5) is 13.2 Å². The fourth-order valence-electron chi connectivity index (χ4n) is 2.87. The number of amides is 1. The van der Waals surface area contributed by atoms with Crippen LogP contribution < -0.4 is 4.74 Å². The van der Waals surface area contributed by atoms with Gasteiger partial charge < -0.3 is 9.64 Å². The number of aromatic nitrogens is 2. The number of hydrogen-bond donors (Lipinski definition) is 0. The predicted octanol–water partition coefficient (Wildman–Crippen LogP) is 3.49. The van der Waals surface area contributed by atoms with Crippen molar-refractivity contribution in [2.45, 2.75) is 32.0 Å². The van der Waals surface area contributed by atoms with Gasteiger partial charge in [-0.25, -0.2) is 4.98 Å². The van der Waals surface area contributed by atoms with Gasteiger partial charge in [-0.3, -0.25) is 4.79 Å². The summed E-state index contributed by atoms with van der Waals surface area (Å²) in [5.74, 6) is 0.744. The lowest BCUT2D eigenvalue weighted by Gasteiger charge is -2.32. The number of halogens is 3. The van der Waals surface area contributed by atoms with E-state index in [9.17, 15) is 18.0 Å². The summed E-state index contributed by atoms with van der Waals surface area (Å²) in [4.78, 5) is 22.4. The number of piperidine rings is 1. The Morgan fingerprint density at radius 2 is 1.96 bits per heavy atom. The molecular formula is C18H18F3N3O2. The predicted molar refractivity (Wildman–Crippen MR) is 87.8 cm³/mol. The van der Waals surface area contributed by atoms with Crippen molar-refractivity contribution in [2.24, 2.45) is 0 Å². The minimum absolute atomic E-state index is 0.212. The lowest BCUT2D eigenvalue weighted by atomic mass is 10.1. The quantitative estimate of drug-likeness (QED) is 0.836. The van der Waals surface area contributed by atoms with Crippen molar-refractivity contribution in [3.8, 4) is 5.88 Å². The number of carbonyl (C=O) groups is 1. The molecule has 1 saturated heterocycles. The molecule has 1 unspecified atom stereocenters. The Bertz CT molecular complexity index is 778. The summed E-state index contributed by atoms with van der Waals surface area (Å²) in [5.41, 5.74) is -0.537. The SMILES string of the molecule is Cc1nccc(OC2CCCN(C(=O)c3ccc(C(F)(F)F)cc3)C2)n1. The third kappa shape index (κ3) is 4.30. The van der Waals surface area contributed by atoms with Crippen molar-refractivity contribution in [1.82, 2.24) is 14.9 Å². The fourth-order valence-corrected chi connectivity index (χ4v) is 2.87. The number of ether oxygens (including phenoxy) is 1. The molecule has 0 aliphatic carbocycles. The molecule has 1 aromatic carbocycles. The monoisotopic (exact) mass is 365 g/mol. The summed E-state index contributed by atoms with van der Waals surface area (Å²) in [7, 11) is 0. The van der Waals surface area contributed by atoms with Crippen LogP contribution in [0.15, 0.2) is 36.5 Å². The number of likely N-dealkylation sites (tertiary alicyclic amines) is 1. The first-order chi connectivity index (χ1) is 12.3. The number of alkyl halides is 3. The molecule has 0 spiro atoms. The van der Waals surface area contributed by atoms with Crippen LogP contribution in [0.5, 0.6) is 5.88 Å². The van der Waals surface area contributed by atoms with Crippen molar-refractivity contribution in [1.29, 1.82) is 0 Å². The number of aryl methyl sites for hydroxylation is 1. The van der Waals surface area contributed by atoms with Crippen molar-refractivity contribution < 1.29 is 22.7 Å². The second kappa shape index (κ2) is 7.31. The second-order valence-corrected chi connectivity index (χ2v) is 6.15. The maximum atomic E-state index is 12.6. The zero-order valence-corrected chi connectivity index (χ0v) is 14.2. The van der Waals surface area contributed by atoms with Gasteiger partial charge in [-0.15, -0.1) is 0 Å². The van der Waals surface area contributed by atoms with Crippen LogP contribution in [-0.2, 0) is 6.18 Å². The molecule has 1 aliphatic rings. The first-order valence-electron chi connectivity index (χ1n) is 8.26. The van der Waals surface area contributed by atoms with Crippen molar-refractivity contribution in [3.63, 3.8) is 0 Å². The highest BCUT2D eigenvalue weighted by Crippen LogP contribution is 2.29. The largest absolute Gasteiger partial charge is 0.472 e. The van der Waals surface area contributed by atoms with Gasteiger partial charge in [0.15, 0.2) is 0 Å². The maximum Gasteiger partial charge on any atom is 0.416 e. The first kappa shape index (κ1) is 18.2. The molecule has 1 fully saturated rings. The second-order valence-electron chi connectivity index (χ2n) is 6.15. The van der Waals surface area contributed by atoms with Gasteiger partial charge in [0.05, 0.1) is 12.1 Å². The van der Waals surface area contributed by atoms with Gasteiger partial charge in [0.25, 0.3) is 5.91 Å². The highest BCUT2D eigenvalue weighted by atomic mass is 19.4. The first-order valence-corrected chi connectivity index (χ1v) is 8.26. The molecule has 8 heteroatoms. The van der Waals surface area contributed by atoms with Gasteiger partial charge in [-0.2, -0.15) is 18.2 Å². The smallest absolute Gasteiger partial charge is 0.416 e. The third-order valence-electron chi connectivity index (χ3n) is 4.16. The molecule has 0 N–H and O–H groups in total. The number of benzene rings is 1. The Morgan fingerprint density at radius 3 is 2.62 bits per heavy atom. The molecule has 1 aliphatic heterocycles. The minimum atomic E-state index is -4.42. The van der Waals surface area contributed by atoms with Gasteiger partial charge in [-0.1, -0.05) is 0 Å². The van der Waals surface area contributed by atoms with Crippen molar-refractivity contribution in [2.75, 3.05) is 13.1 Å². The standard InChI is InChI=1S/C18H18F3N3O2/c1-12-22-9-8-16(23-12)26-15-3-2-10-24(11-15)17(25)13-4-6-14(7-5-13)18(19,20)21/h4-9,15H,2-3,10-11H2,1H3. The number of hydrogen-bond acceptors (Lipinski definition) is 4. The Morgan fingerprint density at radius 1 is 1.23 bits per heavy atom. The molecule has 5 nitrogen and oxygen atoms in total. The van der Waals surface area contributed by atoms with Gasteiger partial charge in [0.1, 0.15) is 11.9 Å². The number of rotatable bonds is 3. The molecule has 1 amide bonds. The summed E-state index contributed by atoms with van der Waals surface area (Å²) < 4.78 is 43.7. The fraction of sp³-hybridized carbons (Fsp3) is 0.389. The van der Waals surface area contributed by atoms with E-state index in [1.807, 2.05) is 0 Å². The van der Waals surface area contributed by atoms with E-state index in [1.165, 1.54) is 12.1 Å². The van der Waals surface area contributed by atoms with Crippen LogP contribution in [0.2, 0.25) is 0 Å². The number of nitrogens with zero attached hydrogens (tertiary/aromatic N) is 3. The van der Waals surface area contributed by atoms with Crippen LogP contribution >= 0.6 is 0 Å². The summed E-state index contributed by atoms with van der Waals surface area (Å²) in [6, 6.07) is 5.93. The lowest BCUT2D eigenvalue weighted by Crippen LogP contribution is -2.44. The molecule has 0 saturated carbocycles. The average Bonchev–Trinajstić information content (AvgIpc) is 2.61. The summed E-state index contributed by atoms with van der Waals surface area (Å²) in [6.45, 7) is 2.67. The molecular weight excluding hydrogens is 347 g/mol. The van der Waals surface area contributed by atoms with E-state index in [-0.39, 0.29) is 17.6 Å². The Hall–Kier alpha value is -2.64. The molecule has 3 rings (SSSR count). The number of carbonyl (C=O) groups excluding carboxylic acids is 1. The van der Waals surface area contributed by atoms with Gasteiger partial charge in [-0.05, 0) is 44.0 Å². The molecule has 1 aromatic heterocycles. The Kier molecular flexibility index (Phi) is 5.11. The lowest BCUT2D eigenvalue weighted by molar-refractivity contribution is -0.137. The summed E-state index contributed by atoms with van der Waals surface area (Å²) >= 11 is 0. The Balaban J connectivity index is 1.66. The zero-order chi connectivity index (χ0) is 18.7. The van der Waals surface area contributed by atoms with Crippen LogP contribution in [0.25, 0.3) is 0 Å². The van der Waals surface area contributed by atoms with Crippen LogP contribution in [0.1, 0.15) is 34.6 Å². The van der Waals surface area contributed by atoms with E-state index in [0.29, 0.717) is 24.8 Å². The minimum Gasteiger partial charge on any atom is -0.472 e. The zero-order valence-electron chi connectivity index (χ0n) is 14.2. The molecule has 138 valence electrons. The van der Waals surface area contributed by atoms with E-state index >= 15 is 0 Å². The van der Waals surface area contributed by atoms with Crippen molar-refractivity contribution >= 4 is 5.91 Å². The molecule has 2 aromatic rings. The molecule has 0 bridgehead atoms. The van der Waals surface area contributed by atoms with Crippen LogP contribution in [-0.4, -0.2) is 40.0 Å². The van der Waals surface area contributed by atoms with Gasteiger partial charge >= 0.3 is 6.18 Å². The highest BCUT2D eigenvalue weighted by molar-refractivity contribution is 5.94. The highest BCUT2D eigenvalue weighted by Gasteiger charge is 2.31. The van der Waals surface area contributed by atoms with E-state index < -0.39 is 11.7 Å². The van der Waals surface area contributed by atoms with E-state index in [4.69, 9.17) is 4.74 Å².